The topological polar surface area (TPSA) is 38.2 Å². The van der Waals surface area contributed by atoms with Gasteiger partial charge in [-0.1, -0.05) is 163 Å². The number of hydrogen-bond acceptors (Lipinski definition) is 5. The Morgan fingerprint density at radius 2 is 0.800 bits per heavy atom. The Hall–Kier alpha value is -6.30. The average Bonchev–Trinajstić information content (AvgIpc) is 3.70. The number of anilines is 3. The molecule has 9 rings (SSSR count). The van der Waals surface area contributed by atoms with E-state index in [1.165, 1.54) is 22.3 Å². The minimum atomic E-state index is -0.587. The average molecular weight is 662 g/mol. The van der Waals surface area contributed by atoms with Crippen molar-refractivity contribution in [1.29, 1.82) is 0 Å². The minimum absolute atomic E-state index is 0.587. The second-order valence-corrected chi connectivity index (χ2v) is 13.2. The molecule has 8 aromatic rings. The SMILES string of the molecule is c1ccc(-c2nnc(-c3ccc(C(c4ccccc4)(c4ccccc4)c4ccc(N5c6ccccc6Oc6ccccc65)cc4)cc3)s2)cc1. The number of rotatable bonds is 7. The van der Waals surface area contributed by atoms with E-state index in [2.05, 4.69) is 161 Å². The summed E-state index contributed by atoms with van der Waals surface area (Å²) in [5.74, 6) is 1.68. The van der Waals surface area contributed by atoms with Gasteiger partial charge in [0.2, 0.25) is 0 Å². The van der Waals surface area contributed by atoms with Gasteiger partial charge in [-0.3, -0.25) is 0 Å². The van der Waals surface area contributed by atoms with Gasteiger partial charge in [0.05, 0.1) is 16.8 Å². The molecule has 0 fully saturated rings. The first-order valence-corrected chi connectivity index (χ1v) is 17.5. The van der Waals surface area contributed by atoms with Gasteiger partial charge in [-0.05, 0) is 58.7 Å². The van der Waals surface area contributed by atoms with E-state index in [0.717, 1.165) is 49.7 Å². The smallest absolute Gasteiger partial charge is 0.151 e. The molecule has 238 valence electrons. The summed E-state index contributed by atoms with van der Waals surface area (Å²) in [4.78, 5) is 2.28. The molecule has 0 N–H and O–H groups in total. The predicted octanol–water partition coefficient (Wildman–Crippen LogP) is 11.8. The second-order valence-electron chi connectivity index (χ2n) is 12.3. The maximum absolute atomic E-state index is 6.30. The van der Waals surface area contributed by atoms with Gasteiger partial charge < -0.3 is 9.64 Å². The zero-order valence-corrected chi connectivity index (χ0v) is 27.9. The number of para-hydroxylation sites is 4. The van der Waals surface area contributed by atoms with Crippen molar-refractivity contribution in [1.82, 2.24) is 10.2 Å². The molecule has 0 radical (unpaired) electrons. The summed E-state index contributed by atoms with van der Waals surface area (Å²) < 4.78 is 6.30. The predicted molar refractivity (Wildman–Crippen MR) is 204 cm³/mol. The zero-order valence-electron chi connectivity index (χ0n) is 27.1. The monoisotopic (exact) mass is 661 g/mol. The summed E-state index contributed by atoms with van der Waals surface area (Å²) in [6.45, 7) is 0. The van der Waals surface area contributed by atoms with Crippen molar-refractivity contribution in [3.8, 4) is 32.6 Å². The van der Waals surface area contributed by atoms with Gasteiger partial charge in [0, 0.05) is 16.8 Å². The molecule has 7 aromatic carbocycles. The first-order chi connectivity index (χ1) is 24.8. The van der Waals surface area contributed by atoms with Crippen LogP contribution in [0.5, 0.6) is 11.5 Å². The van der Waals surface area contributed by atoms with Crippen molar-refractivity contribution in [2.24, 2.45) is 0 Å². The van der Waals surface area contributed by atoms with Crippen molar-refractivity contribution in [2.45, 2.75) is 5.41 Å². The van der Waals surface area contributed by atoms with Gasteiger partial charge in [0.25, 0.3) is 0 Å². The van der Waals surface area contributed by atoms with Crippen molar-refractivity contribution < 1.29 is 4.74 Å². The molecular formula is C45H31N3OS. The molecule has 0 atom stereocenters. The standard InChI is InChI=1S/C45H31N3OS/c1-4-14-32(15-5-1)43-46-47-44(50-43)33-24-26-36(27-25-33)45(34-16-6-2-7-17-34,35-18-8-3-9-19-35)37-28-30-38(31-29-37)48-39-20-10-12-22-41(39)49-42-23-13-11-21-40(42)48/h1-31H. The number of benzene rings is 7. The lowest BCUT2D eigenvalue weighted by Gasteiger charge is -2.37. The highest BCUT2D eigenvalue weighted by Gasteiger charge is 2.38. The molecule has 4 nitrogen and oxygen atoms in total. The molecule has 50 heavy (non-hydrogen) atoms. The van der Waals surface area contributed by atoms with Gasteiger partial charge in [-0.25, -0.2) is 0 Å². The van der Waals surface area contributed by atoms with E-state index in [1.807, 2.05) is 42.5 Å². The van der Waals surface area contributed by atoms with Crippen LogP contribution in [0.1, 0.15) is 22.3 Å². The summed E-state index contributed by atoms with van der Waals surface area (Å²) in [5.41, 5.74) is 9.34. The molecule has 1 aliphatic heterocycles. The lowest BCUT2D eigenvalue weighted by molar-refractivity contribution is 0.477. The molecule has 0 amide bonds. The molecule has 0 bridgehead atoms. The lowest BCUT2D eigenvalue weighted by atomic mass is 9.65. The highest BCUT2D eigenvalue weighted by Crippen LogP contribution is 2.51. The molecule has 0 unspecified atom stereocenters. The van der Waals surface area contributed by atoms with Crippen LogP contribution in [0, 0.1) is 0 Å². The van der Waals surface area contributed by atoms with E-state index in [0.29, 0.717) is 0 Å². The summed E-state index contributed by atoms with van der Waals surface area (Å²) in [7, 11) is 0. The maximum atomic E-state index is 6.30. The van der Waals surface area contributed by atoms with E-state index in [1.54, 1.807) is 11.3 Å². The number of fused-ring (bicyclic) bond motifs is 2. The number of nitrogens with zero attached hydrogens (tertiary/aromatic N) is 3. The van der Waals surface area contributed by atoms with Crippen LogP contribution in [-0.4, -0.2) is 10.2 Å². The third-order valence-corrected chi connectivity index (χ3v) is 10.4. The molecule has 1 aliphatic rings. The number of hydrogen-bond donors (Lipinski definition) is 0. The van der Waals surface area contributed by atoms with E-state index >= 15 is 0 Å². The van der Waals surface area contributed by atoms with Gasteiger partial charge in [0.1, 0.15) is 10.0 Å². The molecule has 0 saturated heterocycles. The fourth-order valence-corrected chi connectivity index (χ4v) is 7.97. The van der Waals surface area contributed by atoms with E-state index in [9.17, 15) is 0 Å². The van der Waals surface area contributed by atoms with E-state index < -0.39 is 5.41 Å². The molecular weight excluding hydrogens is 631 g/mol. The normalized spacial score (nSPS) is 12.1. The van der Waals surface area contributed by atoms with E-state index in [-0.39, 0.29) is 0 Å². The summed E-state index contributed by atoms with van der Waals surface area (Å²) in [5, 5.41) is 10.9. The highest BCUT2D eigenvalue weighted by atomic mass is 32.1. The fraction of sp³-hybridized carbons (Fsp3) is 0.0222. The van der Waals surface area contributed by atoms with Crippen molar-refractivity contribution in [2.75, 3.05) is 4.90 Å². The van der Waals surface area contributed by atoms with Gasteiger partial charge in [-0.2, -0.15) is 0 Å². The first-order valence-electron chi connectivity index (χ1n) is 16.7. The number of aromatic nitrogens is 2. The Labute approximate surface area is 295 Å². The van der Waals surface area contributed by atoms with Crippen LogP contribution in [0.4, 0.5) is 17.1 Å². The van der Waals surface area contributed by atoms with E-state index in [4.69, 9.17) is 4.74 Å². The number of ether oxygens (including phenoxy) is 1. The molecule has 5 heteroatoms. The van der Waals surface area contributed by atoms with Gasteiger partial charge in [0.15, 0.2) is 11.5 Å². The Morgan fingerprint density at radius 1 is 0.400 bits per heavy atom. The Kier molecular flexibility index (Phi) is 7.52. The molecule has 0 spiro atoms. The van der Waals surface area contributed by atoms with Crippen LogP contribution in [0.15, 0.2) is 188 Å². The van der Waals surface area contributed by atoms with Crippen LogP contribution < -0.4 is 9.64 Å². The highest BCUT2D eigenvalue weighted by molar-refractivity contribution is 7.17. The first kappa shape index (κ1) is 29.8. The second kappa shape index (κ2) is 12.6. The summed E-state index contributed by atoms with van der Waals surface area (Å²) >= 11 is 1.61. The Balaban J connectivity index is 1.18. The van der Waals surface area contributed by atoms with Crippen LogP contribution in [0.25, 0.3) is 21.1 Å². The van der Waals surface area contributed by atoms with Crippen LogP contribution in [-0.2, 0) is 5.41 Å². The molecule has 1 aromatic heterocycles. The molecule has 2 heterocycles. The molecule has 0 saturated carbocycles. The third kappa shape index (κ3) is 5.07. The van der Waals surface area contributed by atoms with Crippen LogP contribution in [0.2, 0.25) is 0 Å². The maximum Gasteiger partial charge on any atom is 0.151 e. The van der Waals surface area contributed by atoms with Crippen molar-refractivity contribution in [3.63, 3.8) is 0 Å². The summed E-state index contributed by atoms with van der Waals surface area (Å²) in [6, 6.07) is 66.1. The minimum Gasteiger partial charge on any atom is -0.453 e. The largest absolute Gasteiger partial charge is 0.453 e. The van der Waals surface area contributed by atoms with Crippen molar-refractivity contribution in [3.05, 3.63) is 210 Å². The quantitative estimate of drug-likeness (QED) is 0.159. The van der Waals surface area contributed by atoms with Crippen LogP contribution in [0.3, 0.4) is 0 Å². The lowest BCUT2D eigenvalue weighted by Crippen LogP contribution is -2.31. The zero-order chi connectivity index (χ0) is 33.3. The Bertz CT molecular complexity index is 2310. The van der Waals surface area contributed by atoms with Crippen molar-refractivity contribution >= 4 is 28.4 Å². The Morgan fingerprint density at radius 3 is 1.32 bits per heavy atom. The summed E-state index contributed by atoms with van der Waals surface area (Å²) in [6.07, 6.45) is 0. The third-order valence-electron chi connectivity index (χ3n) is 9.41. The van der Waals surface area contributed by atoms with Crippen LogP contribution >= 0.6 is 11.3 Å². The van der Waals surface area contributed by atoms with Gasteiger partial charge in [-0.15, -0.1) is 10.2 Å². The molecule has 0 aliphatic carbocycles. The van der Waals surface area contributed by atoms with Gasteiger partial charge >= 0.3 is 0 Å². The fourth-order valence-electron chi connectivity index (χ4n) is 7.12.